The van der Waals surface area contributed by atoms with Crippen LogP contribution in [-0.2, 0) is 6.54 Å². The van der Waals surface area contributed by atoms with E-state index < -0.39 is 0 Å². The number of hydrogen-bond donors (Lipinski definition) is 1. The number of anilines is 1. The summed E-state index contributed by atoms with van der Waals surface area (Å²) < 4.78 is 11.4. The van der Waals surface area contributed by atoms with Crippen molar-refractivity contribution in [3.8, 4) is 11.5 Å². The fraction of sp³-hybridized carbons (Fsp3) is 0.333. The third-order valence-electron chi connectivity index (χ3n) is 6.01. The number of nitrogens with zero attached hydrogens (tertiary/aromatic N) is 3. The second kappa shape index (κ2) is 11.5. The van der Waals surface area contributed by atoms with Gasteiger partial charge in [0.05, 0.1) is 13.7 Å². The fourth-order valence-electron chi connectivity index (χ4n) is 4.17. The Kier molecular flexibility index (Phi) is 7.99. The van der Waals surface area contributed by atoms with E-state index in [1.165, 1.54) is 16.8 Å². The Balaban J connectivity index is 1.28. The first-order chi connectivity index (χ1) is 16.6. The number of nitrogens with one attached hydrogen (secondary N) is 1. The smallest absolute Gasteiger partial charge is 0.269 e. The van der Waals surface area contributed by atoms with Crippen LogP contribution >= 0.6 is 0 Å². The summed E-state index contributed by atoms with van der Waals surface area (Å²) in [5.41, 5.74) is 4.23. The summed E-state index contributed by atoms with van der Waals surface area (Å²) in [6, 6.07) is 19.9. The van der Waals surface area contributed by atoms with Gasteiger partial charge in [-0.2, -0.15) is 0 Å². The molecular formula is C27H32N4O3. The van der Waals surface area contributed by atoms with Crippen LogP contribution in [0.15, 0.2) is 66.9 Å². The summed E-state index contributed by atoms with van der Waals surface area (Å²) in [7, 11) is 1.63. The Morgan fingerprint density at radius 1 is 1.00 bits per heavy atom. The Morgan fingerprint density at radius 2 is 1.79 bits per heavy atom. The molecule has 1 aliphatic rings. The summed E-state index contributed by atoms with van der Waals surface area (Å²) in [4.78, 5) is 21.1. The Labute approximate surface area is 201 Å². The molecule has 1 fully saturated rings. The lowest BCUT2D eigenvalue weighted by Gasteiger charge is -2.36. The molecule has 7 heteroatoms. The third kappa shape index (κ3) is 6.05. The number of ether oxygens (including phenoxy) is 2. The Morgan fingerprint density at radius 3 is 2.53 bits per heavy atom. The molecule has 4 rings (SSSR count). The first-order valence-corrected chi connectivity index (χ1v) is 11.7. The van der Waals surface area contributed by atoms with E-state index in [4.69, 9.17) is 9.47 Å². The highest BCUT2D eigenvalue weighted by molar-refractivity contribution is 5.92. The predicted molar refractivity (Wildman–Crippen MR) is 134 cm³/mol. The van der Waals surface area contributed by atoms with E-state index in [0.717, 1.165) is 32.7 Å². The van der Waals surface area contributed by atoms with Crippen molar-refractivity contribution in [1.29, 1.82) is 0 Å². The zero-order valence-corrected chi connectivity index (χ0v) is 19.9. The van der Waals surface area contributed by atoms with Crippen LogP contribution in [0.4, 0.5) is 5.69 Å². The maximum Gasteiger partial charge on any atom is 0.269 e. The van der Waals surface area contributed by atoms with Gasteiger partial charge in [0.25, 0.3) is 5.91 Å². The van der Waals surface area contributed by atoms with Crippen LogP contribution in [0.25, 0.3) is 0 Å². The average molecular weight is 461 g/mol. The van der Waals surface area contributed by atoms with Crippen molar-refractivity contribution >= 4 is 11.6 Å². The van der Waals surface area contributed by atoms with Crippen molar-refractivity contribution in [2.45, 2.75) is 13.5 Å². The fourth-order valence-corrected chi connectivity index (χ4v) is 4.17. The molecule has 178 valence electrons. The number of hydrogen-bond acceptors (Lipinski definition) is 6. The number of carbonyl (C=O) groups excluding carboxylic acids is 1. The van der Waals surface area contributed by atoms with Gasteiger partial charge in [-0.1, -0.05) is 30.3 Å². The normalized spacial score (nSPS) is 14.0. The number of benzene rings is 2. The van der Waals surface area contributed by atoms with E-state index in [-0.39, 0.29) is 5.91 Å². The van der Waals surface area contributed by atoms with Crippen LogP contribution in [0, 0.1) is 6.92 Å². The average Bonchev–Trinajstić information content (AvgIpc) is 2.88. The standard InChI is InChI=1S/C27H32N4O3/c1-21-7-3-4-9-24(21)31-16-14-30(15-17-31)20-22-10-11-25(33-2)26(19-22)34-18-13-29-27(32)23-8-5-6-12-28-23/h3-12,19H,13-18,20H2,1-2H3,(H,29,32). The van der Waals surface area contributed by atoms with Gasteiger partial charge in [0.15, 0.2) is 11.5 Å². The summed E-state index contributed by atoms with van der Waals surface area (Å²) >= 11 is 0. The molecule has 7 nitrogen and oxygen atoms in total. The van der Waals surface area contributed by atoms with Gasteiger partial charge < -0.3 is 19.7 Å². The van der Waals surface area contributed by atoms with E-state index in [2.05, 4.69) is 57.4 Å². The molecule has 1 amide bonds. The molecular weight excluding hydrogens is 428 g/mol. The SMILES string of the molecule is COc1ccc(CN2CCN(c3ccccc3C)CC2)cc1OCCNC(=O)c1ccccn1. The number of rotatable bonds is 9. The van der Waals surface area contributed by atoms with Gasteiger partial charge in [0.2, 0.25) is 0 Å². The lowest BCUT2D eigenvalue weighted by Crippen LogP contribution is -2.46. The number of pyridine rings is 1. The van der Waals surface area contributed by atoms with Crippen molar-refractivity contribution < 1.29 is 14.3 Å². The molecule has 1 aromatic heterocycles. The maximum atomic E-state index is 12.1. The highest BCUT2D eigenvalue weighted by Crippen LogP contribution is 2.29. The van der Waals surface area contributed by atoms with Gasteiger partial charge in [0.1, 0.15) is 12.3 Å². The van der Waals surface area contributed by atoms with Crippen molar-refractivity contribution in [2.75, 3.05) is 51.3 Å². The molecule has 2 heterocycles. The van der Waals surface area contributed by atoms with E-state index in [1.54, 1.807) is 31.5 Å². The zero-order valence-electron chi connectivity index (χ0n) is 19.9. The number of carbonyl (C=O) groups is 1. The molecule has 0 radical (unpaired) electrons. The predicted octanol–water partition coefficient (Wildman–Crippen LogP) is 3.53. The molecule has 0 atom stereocenters. The molecule has 0 spiro atoms. The van der Waals surface area contributed by atoms with Crippen LogP contribution < -0.4 is 19.7 Å². The second-order valence-electron chi connectivity index (χ2n) is 8.35. The molecule has 34 heavy (non-hydrogen) atoms. The van der Waals surface area contributed by atoms with E-state index >= 15 is 0 Å². The van der Waals surface area contributed by atoms with Crippen molar-refractivity contribution in [3.05, 3.63) is 83.7 Å². The number of methoxy groups -OCH3 is 1. The number of para-hydroxylation sites is 1. The minimum absolute atomic E-state index is 0.213. The summed E-state index contributed by atoms with van der Waals surface area (Å²) in [6.45, 7) is 7.80. The Bertz CT molecular complexity index is 1080. The molecule has 0 bridgehead atoms. The number of amides is 1. The minimum Gasteiger partial charge on any atom is -0.493 e. The van der Waals surface area contributed by atoms with Crippen molar-refractivity contribution in [1.82, 2.24) is 15.2 Å². The Hall–Kier alpha value is -3.58. The largest absolute Gasteiger partial charge is 0.493 e. The van der Waals surface area contributed by atoms with Gasteiger partial charge in [-0.3, -0.25) is 14.7 Å². The quantitative estimate of drug-likeness (QED) is 0.493. The lowest BCUT2D eigenvalue weighted by molar-refractivity contribution is 0.0942. The number of aromatic nitrogens is 1. The molecule has 3 aromatic rings. The lowest BCUT2D eigenvalue weighted by atomic mass is 10.1. The van der Waals surface area contributed by atoms with Crippen LogP contribution in [0.1, 0.15) is 21.6 Å². The molecule has 0 unspecified atom stereocenters. The summed E-state index contributed by atoms with van der Waals surface area (Å²) in [5, 5.41) is 2.83. The van der Waals surface area contributed by atoms with Crippen LogP contribution in [0.2, 0.25) is 0 Å². The summed E-state index contributed by atoms with van der Waals surface area (Å²) in [5.74, 6) is 1.16. The van der Waals surface area contributed by atoms with Gasteiger partial charge in [-0.05, 0) is 48.4 Å². The monoisotopic (exact) mass is 460 g/mol. The topological polar surface area (TPSA) is 66.9 Å². The number of piperazine rings is 1. The highest BCUT2D eigenvalue weighted by Gasteiger charge is 2.19. The molecule has 0 saturated carbocycles. The van der Waals surface area contributed by atoms with Crippen molar-refractivity contribution in [2.24, 2.45) is 0 Å². The molecule has 2 aromatic carbocycles. The third-order valence-corrected chi connectivity index (χ3v) is 6.01. The van der Waals surface area contributed by atoms with Gasteiger partial charge in [0, 0.05) is 44.6 Å². The van der Waals surface area contributed by atoms with Gasteiger partial charge in [-0.25, -0.2) is 0 Å². The van der Waals surface area contributed by atoms with Gasteiger partial charge >= 0.3 is 0 Å². The van der Waals surface area contributed by atoms with E-state index in [9.17, 15) is 4.79 Å². The van der Waals surface area contributed by atoms with E-state index in [0.29, 0.717) is 30.3 Å². The maximum absolute atomic E-state index is 12.1. The number of aryl methyl sites for hydroxylation is 1. The highest BCUT2D eigenvalue weighted by atomic mass is 16.5. The van der Waals surface area contributed by atoms with Gasteiger partial charge in [-0.15, -0.1) is 0 Å². The molecule has 1 N–H and O–H groups in total. The second-order valence-corrected chi connectivity index (χ2v) is 8.35. The van der Waals surface area contributed by atoms with Crippen LogP contribution in [0.3, 0.4) is 0 Å². The van der Waals surface area contributed by atoms with Crippen LogP contribution in [0.5, 0.6) is 11.5 Å². The van der Waals surface area contributed by atoms with Crippen molar-refractivity contribution in [3.63, 3.8) is 0 Å². The first-order valence-electron chi connectivity index (χ1n) is 11.7. The molecule has 1 saturated heterocycles. The molecule has 0 aliphatic carbocycles. The first kappa shape index (κ1) is 23.6. The zero-order chi connectivity index (χ0) is 23.8. The summed E-state index contributed by atoms with van der Waals surface area (Å²) in [6.07, 6.45) is 1.60. The van der Waals surface area contributed by atoms with E-state index in [1.807, 2.05) is 12.1 Å². The molecule has 1 aliphatic heterocycles. The van der Waals surface area contributed by atoms with Crippen LogP contribution in [-0.4, -0.2) is 62.2 Å². The minimum atomic E-state index is -0.213.